The van der Waals surface area contributed by atoms with Gasteiger partial charge < -0.3 is 4.74 Å². The van der Waals surface area contributed by atoms with E-state index in [1.807, 2.05) is 0 Å². The van der Waals surface area contributed by atoms with Crippen molar-refractivity contribution >= 4 is 0 Å². The van der Waals surface area contributed by atoms with E-state index in [2.05, 4.69) is 38.1 Å². The second-order valence-electron chi connectivity index (χ2n) is 4.72. The molecule has 0 bridgehead atoms. The zero-order chi connectivity index (χ0) is 10.7. The van der Waals surface area contributed by atoms with Gasteiger partial charge in [0.05, 0.1) is 12.2 Å². The zero-order valence-corrected chi connectivity index (χ0v) is 9.75. The highest BCUT2D eigenvalue weighted by Crippen LogP contribution is 2.30. The van der Waals surface area contributed by atoms with E-state index in [1.165, 1.54) is 17.5 Å². The van der Waals surface area contributed by atoms with Gasteiger partial charge in [0.2, 0.25) is 0 Å². The second-order valence-corrected chi connectivity index (χ2v) is 4.72. The van der Waals surface area contributed by atoms with Crippen LogP contribution >= 0.6 is 0 Å². The van der Waals surface area contributed by atoms with Gasteiger partial charge in [-0.3, -0.25) is 0 Å². The summed E-state index contributed by atoms with van der Waals surface area (Å²) in [6, 6.07) is 8.97. The van der Waals surface area contributed by atoms with Gasteiger partial charge in [-0.15, -0.1) is 0 Å². The lowest BCUT2D eigenvalue weighted by atomic mass is 9.90. The maximum Gasteiger partial charge on any atom is 0.0679 e. The fraction of sp³-hybridized carbons (Fsp3) is 0.571. The Labute approximate surface area is 92.5 Å². The molecule has 1 aliphatic rings. The van der Waals surface area contributed by atoms with Crippen LogP contribution in [-0.4, -0.2) is 12.2 Å². The number of benzene rings is 1. The largest absolute Gasteiger partial charge is 0.375 e. The van der Waals surface area contributed by atoms with Gasteiger partial charge >= 0.3 is 0 Å². The van der Waals surface area contributed by atoms with Crippen LogP contribution in [0, 0.1) is 0 Å². The van der Waals surface area contributed by atoms with Crippen LogP contribution in [0.15, 0.2) is 24.3 Å². The SMILES string of the molecule is CCc1ccc(CCC2(C)CCO2)cc1. The molecule has 1 heteroatoms. The maximum atomic E-state index is 5.58. The molecule has 0 N–H and O–H groups in total. The number of aryl methyl sites for hydroxylation is 2. The van der Waals surface area contributed by atoms with Crippen LogP contribution in [0.25, 0.3) is 0 Å². The van der Waals surface area contributed by atoms with E-state index in [0.29, 0.717) is 0 Å². The highest BCUT2D eigenvalue weighted by atomic mass is 16.5. The Kier molecular flexibility index (Phi) is 3.11. The van der Waals surface area contributed by atoms with Crippen molar-refractivity contribution in [2.75, 3.05) is 6.61 Å². The standard InChI is InChI=1S/C14H20O/c1-3-12-4-6-13(7-5-12)8-9-14(2)10-11-15-14/h4-7H,3,8-11H2,1-2H3. The first-order valence-electron chi connectivity index (χ1n) is 5.94. The van der Waals surface area contributed by atoms with E-state index in [0.717, 1.165) is 25.9 Å². The van der Waals surface area contributed by atoms with E-state index in [-0.39, 0.29) is 5.60 Å². The summed E-state index contributed by atoms with van der Waals surface area (Å²) >= 11 is 0. The lowest BCUT2D eigenvalue weighted by Crippen LogP contribution is -2.40. The molecule has 1 heterocycles. The molecule has 1 saturated heterocycles. The smallest absolute Gasteiger partial charge is 0.0679 e. The summed E-state index contributed by atoms with van der Waals surface area (Å²) in [6.07, 6.45) is 4.64. The van der Waals surface area contributed by atoms with E-state index in [1.54, 1.807) is 0 Å². The minimum atomic E-state index is 0.170. The van der Waals surface area contributed by atoms with Crippen molar-refractivity contribution in [3.05, 3.63) is 35.4 Å². The molecule has 2 rings (SSSR count). The lowest BCUT2D eigenvalue weighted by molar-refractivity contribution is -0.137. The van der Waals surface area contributed by atoms with Crippen LogP contribution in [-0.2, 0) is 17.6 Å². The predicted molar refractivity (Wildman–Crippen MR) is 63.1 cm³/mol. The molecule has 1 fully saturated rings. The monoisotopic (exact) mass is 204 g/mol. The number of ether oxygens (including phenoxy) is 1. The molecule has 15 heavy (non-hydrogen) atoms. The van der Waals surface area contributed by atoms with Crippen LogP contribution in [0.1, 0.15) is 37.8 Å². The molecule has 1 aliphatic heterocycles. The van der Waals surface area contributed by atoms with Crippen molar-refractivity contribution in [1.82, 2.24) is 0 Å². The summed E-state index contributed by atoms with van der Waals surface area (Å²) in [7, 11) is 0. The highest BCUT2D eigenvalue weighted by Gasteiger charge is 2.32. The minimum Gasteiger partial charge on any atom is -0.375 e. The highest BCUT2D eigenvalue weighted by molar-refractivity contribution is 5.22. The molecule has 1 nitrogen and oxygen atoms in total. The summed E-state index contributed by atoms with van der Waals surface area (Å²) in [5.74, 6) is 0. The molecule has 0 aromatic heterocycles. The van der Waals surface area contributed by atoms with E-state index in [9.17, 15) is 0 Å². The van der Waals surface area contributed by atoms with Crippen molar-refractivity contribution in [2.45, 2.75) is 45.1 Å². The third-order valence-electron chi connectivity index (χ3n) is 3.46. The Morgan fingerprint density at radius 1 is 1.20 bits per heavy atom. The van der Waals surface area contributed by atoms with Gasteiger partial charge in [0.1, 0.15) is 0 Å². The van der Waals surface area contributed by atoms with Crippen LogP contribution in [0.4, 0.5) is 0 Å². The topological polar surface area (TPSA) is 9.23 Å². The molecule has 0 saturated carbocycles. The third kappa shape index (κ3) is 2.60. The summed E-state index contributed by atoms with van der Waals surface area (Å²) in [5, 5.41) is 0. The van der Waals surface area contributed by atoms with Crippen molar-refractivity contribution in [2.24, 2.45) is 0 Å². The van der Waals surface area contributed by atoms with Gasteiger partial charge in [0.25, 0.3) is 0 Å². The number of rotatable bonds is 4. The summed E-state index contributed by atoms with van der Waals surface area (Å²) in [6.45, 7) is 5.36. The predicted octanol–water partition coefficient (Wildman–Crippen LogP) is 3.36. The average Bonchev–Trinajstić information content (AvgIpc) is 2.24. The normalized spacial score (nSPS) is 24.9. The van der Waals surface area contributed by atoms with E-state index < -0.39 is 0 Å². The Balaban J connectivity index is 1.87. The molecule has 0 aliphatic carbocycles. The Hall–Kier alpha value is -0.820. The molecule has 1 unspecified atom stereocenters. The Morgan fingerprint density at radius 2 is 1.80 bits per heavy atom. The van der Waals surface area contributed by atoms with Gasteiger partial charge in [-0.2, -0.15) is 0 Å². The first kappa shape index (κ1) is 10.7. The third-order valence-corrected chi connectivity index (χ3v) is 3.46. The molecule has 0 radical (unpaired) electrons. The van der Waals surface area contributed by atoms with Gasteiger partial charge in [-0.1, -0.05) is 31.2 Å². The van der Waals surface area contributed by atoms with Crippen molar-refractivity contribution in [3.8, 4) is 0 Å². The van der Waals surface area contributed by atoms with Gasteiger partial charge in [0.15, 0.2) is 0 Å². The molecule has 0 spiro atoms. The van der Waals surface area contributed by atoms with Gasteiger partial charge in [-0.05, 0) is 43.7 Å². The number of hydrogen-bond donors (Lipinski definition) is 0. The van der Waals surface area contributed by atoms with Crippen LogP contribution in [0.5, 0.6) is 0 Å². The van der Waals surface area contributed by atoms with Gasteiger partial charge in [0, 0.05) is 0 Å². The quantitative estimate of drug-likeness (QED) is 0.730. The maximum absolute atomic E-state index is 5.58. The second kappa shape index (κ2) is 4.36. The first-order chi connectivity index (χ1) is 7.22. The fourth-order valence-electron chi connectivity index (χ4n) is 2.00. The Bertz CT molecular complexity index is 309. The van der Waals surface area contributed by atoms with Crippen LogP contribution in [0.3, 0.4) is 0 Å². The van der Waals surface area contributed by atoms with Gasteiger partial charge in [-0.25, -0.2) is 0 Å². The molecule has 1 atom stereocenters. The Morgan fingerprint density at radius 3 is 2.27 bits per heavy atom. The molecule has 1 aromatic rings. The molecule has 0 amide bonds. The van der Waals surface area contributed by atoms with Crippen LogP contribution in [0.2, 0.25) is 0 Å². The summed E-state index contributed by atoms with van der Waals surface area (Å²) < 4.78 is 5.58. The summed E-state index contributed by atoms with van der Waals surface area (Å²) in [5.41, 5.74) is 3.03. The van der Waals surface area contributed by atoms with E-state index >= 15 is 0 Å². The average molecular weight is 204 g/mol. The molecular formula is C14H20O. The lowest BCUT2D eigenvalue weighted by Gasteiger charge is -2.38. The summed E-state index contributed by atoms with van der Waals surface area (Å²) in [4.78, 5) is 0. The first-order valence-corrected chi connectivity index (χ1v) is 5.94. The van der Waals surface area contributed by atoms with Crippen molar-refractivity contribution in [3.63, 3.8) is 0 Å². The molecular weight excluding hydrogens is 184 g/mol. The minimum absolute atomic E-state index is 0.170. The molecule has 1 aromatic carbocycles. The fourth-order valence-corrected chi connectivity index (χ4v) is 2.00. The van der Waals surface area contributed by atoms with Crippen LogP contribution < -0.4 is 0 Å². The van der Waals surface area contributed by atoms with E-state index in [4.69, 9.17) is 4.74 Å². The number of hydrogen-bond acceptors (Lipinski definition) is 1. The zero-order valence-electron chi connectivity index (χ0n) is 9.75. The van der Waals surface area contributed by atoms with Crippen molar-refractivity contribution < 1.29 is 4.74 Å². The van der Waals surface area contributed by atoms with Crippen molar-refractivity contribution in [1.29, 1.82) is 0 Å². The molecule has 82 valence electrons.